The summed E-state index contributed by atoms with van der Waals surface area (Å²) < 4.78 is 0. The lowest BCUT2D eigenvalue weighted by molar-refractivity contribution is 0.0697. The van der Waals surface area contributed by atoms with Gasteiger partial charge in [0, 0.05) is 27.8 Å². The van der Waals surface area contributed by atoms with Gasteiger partial charge < -0.3 is 10.4 Å². The fraction of sp³-hybridized carbons (Fsp3) is 0.0714. The summed E-state index contributed by atoms with van der Waals surface area (Å²) in [6, 6.07) is 11.9. The summed E-state index contributed by atoms with van der Waals surface area (Å²) >= 11 is 12.1. The molecular formula is C14H11Cl2NO2. The zero-order valence-corrected chi connectivity index (χ0v) is 11.4. The molecule has 0 amide bonds. The maximum atomic E-state index is 10.9. The minimum atomic E-state index is -0.959. The van der Waals surface area contributed by atoms with E-state index in [2.05, 4.69) is 5.32 Å². The smallest absolute Gasteiger partial charge is 0.335 e. The Morgan fingerprint density at radius 3 is 2.37 bits per heavy atom. The van der Waals surface area contributed by atoms with E-state index in [9.17, 15) is 4.79 Å². The van der Waals surface area contributed by atoms with Gasteiger partial charge in [0.2, 0.25) is 0 Å². The fourth-order valence-electron chi connectivity index (χ4n) is 1.65. The molecule has 0 radical (unpaired) electrons. The van der Waals surface area contributed by atoms with E-state index in [1.165, 1.54) is 6.07 Å². The van der Waals surface area contributed by atoms with E-state index in [1.807, 2.05) is 0 Å². The average molecular weight is 296 g/mol. The van der Waals surface area contributed by atoms with Gasteiger partial charge in [-0.3, -0.25) is 0 Å². The Hall–Kier alpha value is -1.71. The lowest BCUT2D eigenvalue weighted by atomic mass is 10.2. The van der Waals surface area contributed by atoms with Gasteiger partial charge in [-0.15, -0.1) is 0 Å². The van der Waals surface area contributed by atoms with Gasteiger partial charge in [-0.1, -0.05) is 35.3 Å². The van der Waals surface area contributed by atoms with Crippen molar-refractivity contribution >= 4 is 34.9 Å². The third kappa shape index (κ3) is 3.40. The minimum absolute atomic E-state index is 0.232. The molecular weight excluding hydrogens is 285 g/mol. The largest absolute Gasteiger partial charge is 0.478 e. The standard InChI is InChI=1S/C14H11Cl2NO2/c15-12-5-2-6-13(16)11(12)8-17-10-4-1-3-9(7-10)14(18)19/h1-7,17H,8H2,(H,18,19). The summed E-state index contributed by atoms with van der Waals surface area (Å²) in [5.74, 6) is -0.959. The van der Waals surface area contributed by atoms with Gasteiger partial charge in [0.25, 0.3) is 0 Å². The minimum Gasteiger partial charge on any atom is -0.478 e. The molecule has 0 fully saturated rings. The number of carboxylic acid groups (broad SMARTS) is 1. The average Bonchev–Trinajstić information content (AvgIpc) is 2.38. The van der Waals surface area contributed by atoms with E-state index < -0.39 is 5.97 Å². The third-order valence-electron chi connectivity index (χ3n) is 2.64. The van der Waals surface area contributed by atoms with Crippen LogP contribution in [0.15, 0.2) is 42.5 Å². The summed E-state index contributed by atoms with van der Waals surface area (Å²) in [6.45, 7) is 0.432. The molecule has 0 aliphatic carbocycles. The molecule has 19 heavy (non-hydrogen) atoms. The van der Waals surface area contributed by atoms with Crippen molar-refractivity contribution < 1.29 is 9.90 Å². The van der Waals surface area contributed by atoms with Crippen LogP contribution in [0.5, 0.6) is 0 Å². The first-order chi connectivity index (χ1) is 9.08. The van der Waals surface area contributed by atoms with Crippen LogP contribution in [0.3, 0.4) is 0 Å². The molecule has 2 aromatic rings. The maximum Gasteiger partial charge on any atom is 0.335 e. The van der Waals surface area contributed by atoms with Crippen molar-refractivity contribution in [3.05, 3.63) is 63.6 Å². The van der Waals surface area contributed by atoms with Crippen molar-refractivity contribution in [1.82, 2.24) is 0 Å². The second kappa shape index (κ2) is 5.95. The van der Waals surface area contributed by atoms with Gasteiger partial charge in [0.1, 0.15) is 0 Å². The normalized spacial score (nSPS) is 10.2. The second-order valence-corrected chi connectivity index (χ2v) is 4.75. The number of hydrogen-bond acceptors (Lipinski definition) is 2. The Bertz CT molecular complexity index is 594. The van der Waals surface area contributed by atoms with Crippen molar-refractivity contribution in [1.29, 1.82) is 0 Å². The van der Waals surface area contributed by atoms with Gasteiger partial charge in [-0.05, 0) is 30.3 Å². The lowest BCUT2D eigenvalue weighted by Crippen LogP contribution is -2.03. The van der Waals surface area contributed by atoms with Crippen molar-refractivity contribution in [2.45, 2.75) is 6.54 Å². The van der Waals surface area contributed by atoms with Crippen LogP contribution >= 0.6 is 23.2 Å². The van der Waals surface area contributed by atoms with Gasteiger partial charge in [0.15, 0.2) is 0 Å². The Balaban J connectivity index is 2.15. The van der Waals surface area contributed by atoms with E-state index in [0.29, 0.717) is 22.3 Å². The van der Waals surface area contributed by atoms with E-state index >= 15 is 0 Å². The van der Waals surface area contributed by atoms with Gasteiger partial charge in [-0.2, -0.15) is 0 Å². The highest BCUT2D eigenvalue weighted by Crippen LogP contribution is 2.25. The summed E-state index contributed by atoms with van der Waals surface area (Å²) in [5, 5.41) is 13.2. The van der Waals surface area contributed by atoms with Crippen molar-refractivity contribution in [3.63, 3.8) is 0 Å². The molecule has 0 aliphatic heterocycles. The van der Waals surface area contributed by atoms with Gasteiger partial charge in [-0.25, -0.2) is 4.79 Å². The number of aromatic carboxylic acids is 1. The zero-order valence-electron chi connectivity index (χ0n) is 9.86. The quantitative estimate of drug-likeness (QED) is 0.884. The summed E-state index contributed by atoms with van der Waals surface area (Å²) in [6.07, 6.45) is 0. The van der Waals surface area contributed by atoms with E-state index in [4.69, 9.17) is 28.3 Å². The molecule has 0 aromatic heterocycles. The third-order valence-corrected chi connectivity index (χ3v) is 3.35. The number of carboxylic acids is 1. The molecule has 0 heterocycles. The topological polar surface area (TPSA) is 49.3 Å². The second-order valence-electron chi connectivity index (χ2n) is 3.94. The molecule has 0 unspecified atom stereocenters. The van der Waals surface area contributed by atoms with Gasteiger partial charge >= 0.3 is 5.97 Å². The van der Waals surface area contributed by atoms with E-state index in [0.717, 1.165) is 5.56 Å². The maximum absolute atomic E-state index is 10.9. The number of hydrogen-bond donors (Lipinski definition) is 2. The van der Waals surface area contributed by atoms with Crippen LogP contribution in [0.4, 0.5) is 5.69 Å². The van der Waals surface area contributed by atoms with Crippen LogP contribution in [0.1, 0.15) is 15.9 Å². The van der Waals surface area contributed by atoms with Crippen LogP contribution in [-0.2, 0) is 6.54 Å². The molecule has 0 saturated carbocycles. The van der Waals surface area contributed by atoms with Crippen LogP contribution in [0.25, 0.3) is 0 Å². The predicted octanol–water partition coefficient (Wildman–Crippen LogP) is 4.30. The number of rotatable bonds is 4. The van der Waals surface area contributed by atoms with Gasteiger partial charge in [0.05, 0.1) is 5.56 Å². The van der Waals surface area contributed by atoms with Crippen LogP contribution < -0.4 is 5.32 Å². The predicted molar refractivity (Wildman–Crippen MR) is 77.2 cm³/mol. The molecule has 0 spiro atoms. The SMILES string of the molecule is O=C(O)c1cccc(NCc2c(Cl)cccc2Cl)c1. The molecule has 0 aliphatic rings. The Morgan fingerprint density at radius 2 is 1.74 bits per heavy atom. The monoisotopic (exact) mass is 295 g/mol. The molecule has 2 N–H and O–H groups in total. The van der Waals surface area contributed by atoms with E-state index in [1.54, 1.807) is 36.4 Å². The van der Waals surface area contributed by atoms with Crippen LogP contribution in [0, 0.1) is 0 Å². The Morgan fingerprint density at radius 1 is 1.11 bits per heavy atom. The van der Waals surface area contributed by atoms with Crippen molar-refractivity contribution in [2.75, 3.05) is 5.32 Å². The Labute approximate surface area is 120 Å². The number of nitrogens with one attached hydrogen (secondary N) is 1. The molecule has 5 heteroatoms. The zero-order chi connectivity index (χ0) is 13.8. The van der Waals surface area contributed by atoms with Crippen LogP contribution in [-0.4, -0.2) is 11.1 Å². The van der Waals surface area contributed by atoms with Crippen molar-refractivity contribution in [3.8, 4) is 0 Å². The molecule has 0 saturated heterocycles. The molecule has 0 bridgehead atoms. The molecule has 98 valence electrons. The van der Waals surface area contributed by atoms with Crippen molar-refractivity contribution in [2.24, 2.45) is 0 Å². The first-order valence-electron chi connectivity index (χ1n) is 5.58. The number of benzene rings is 2. The number of carbonyl (C=O) groups is 1. The van der Waals surface area contributed by atoms with Crippen LogP contribution in [0.2, 0.25) is 10.0 Å². The summed E-state index contributed by atoms with van der Waals surface area (Å²) in [4.78, 5) is 10.9. The highest BCUT2D eigenvalue weighted by Gasteiger charge is 2.06. The molecule has 3 nitrogen and oxygen atoms in total. The summed E-state index contributed by atoms with van der Waals surface area (Å²) in [7, 11) is 0. The summed E-state index contributed by atoms with van der Waals surface area (Å²) in [5.41, 5.74) is 1.72. The fourth-order valence-corrected chi connectivity index (χ4v) is 2.18. The van der Waals surface area contributed by atoms with E-state index in [-0.39, 0.29) is 5.56 Å². The molecule has 2 aromatic carbocycles. The lowest BCUT2D eigenvalue weighted by Gasteiger charge is -2.10. The Kier molecular flexibility index (Phi) is 4.30. The number of anilines is 1. The highest BCUT2D eigenvalue weighted by atomic mass is 35.5. The molecule has 0 atom stereocenters. The molecule has 2 rings (SSSR count). The highest BCUT2D eigenvalue weighted by molar-refractivity contribution is 6.36. The first kappa shape index (κ1) is 13.7. The number of halogens is 2. The first-order valence-corrected chi connectivity index (χ1v) is 6.33.